The van der Waals surface area contributed by atoms with Crippen molar-refractivity contribution in [2.75, 3.05) is 0 Å². The minimum atomic E-state index is -0.253. The number of nitrogens with one attached hydrogen (secondary N) is 1. The lowest BCUT2D eigenvalue weighted by Gasteiger charge is -2.02. The zero-order valence-electron chi connectivity index (χ0n) is 11.8. The van der Waals surface area contributed by atoms with Gasteiger partial charge in [-0.25, -0.2) is 14.4 Å². The summed E-state index contributed by atoms with van der Waals surface area (Å²) in [5.41, 5.74) is 2.73. The summed E-state index contributed by atoms with van der Waals surface area (Å²) in [6.45, 7) is 2.06. The van der Waals surface area contributed by atoms with Crippen LogP contribution in [0.15, 0.2) is 48.7 Å². The van der Waals surface area contributed by atoms with Crippen LogP contribution in [0.5, 0.6) is 0 Å². The van der Waals surface area contributed by atoms with E-state index in [1.54, 1.807) is 29.7 Å². The molecular weight excluding hydrogens is 297 g/mol. The number of hydrogen-bond acceptors (Lipinski definition) is 3. The third-order valence-electron chi connectivity index (χ3n) is 3.50. The van der Waals surface area contributed by atoms with Crippen LogP contribution < -0.4 is 0 Å². The van der Waals surface area contributed by atoms with Gasteiger partial charge in [-0.15, -0.1) is 11.3 Å². The number of imidazole rings is 1. The number of thiophene rings is 1. The number of pyridine rings is 1. The highest BCUT2D eigenvalue weighted by molar-refractivity contribution is 7.15. The zero-order valence-corrected chi connectivity index (χ0v) is 12.6. The molecule has 22 heavy (non-hydrogen) atoms. The molecule has 0 unspecified atom stereocenters. The van der Waals surface area contributed by atoms with Crippen molar-refractivity contribution < 1.29 is 4.39 Å². The number of aryl methyl sites for hydroxylation is 1. The van der Waals surface area contributed by atoms with Gasteiger partial charge in [-0.05, 0) is 31.2 Å². The van der Waals surface area contributed by atoms with Crippen LogP contribution >= 0.6 is 11.3 Å². The molecule has 108 valence electrons. The summed E-state index contributed by atoms with van der Waals surface area (Å²) in [6, 6.07) is 12.7. The number of H-pyrrole nitrogens is 1. The highest BCUT2D eigenvalue weighted by Gasteiger charge is 2.11. The van der Waals surface area contributed by atoms with Crippen molar-refractivity contribution in [3.8, 4) is 21.8 Å². The summed E-state index contributed by atoms with van der Waals surface area (Å²) in [4.78, 5) is 14.4. The molecule has 4 aromatic rings. The third-order valence-corrected chi connectivity index (χ3v) is 4.50. The van der Waals surface area contributed by atoms with E-state index in [4.69, 9.17) is 0 Å². The summed E-state index contributed by atoms with van der Waals surface area (Å²) in [5.74, 6) is 0.545. The van der Waals surface area contributed by atoms with Crippen LogP contribution in [0.3, 0.4) is 0 Å². The van der Waals surface area contributed by atoms with Crippen LogP contribution in [0.25, 0.3) is 33.0 Å². The summed E-state index contributed by atoms with van der Waals surface area (Å²) < 4.78 is 13.9. The van der Waals surface area contributed by atoms with Gasteiger partial charge < -0.3 is 4.98 Å². The van der Waals surface area contributed by atoms with Crippen LogP contribution in [0.4, 0.5) is 4.39 Å². The molecule has 0 aliphatic heterocycles. The Morgan fingerprint density at radius 2 is 2.00 bits per heavy atom. The van der Waals surface area contributed by atoms with E-state index in [1.165, 1.54) is 10.9 Å². The fourth-order valence-electron chi connectivity index (χ4n) is 2.42. The van der Waals surface area contributed by atoms with E-state index >= 15 is 0 Å². The Bertz CT molecular complexity index is 971. The summed E-state index contributed by atoms with van der Waals surface area (Å²) in [6.07, 6.45) is 1.66. The van der Waals surface area contributed by atoms with Gasteiger partial charge >= 0.3 is 0 Å². The zero-order chi connectivity index (χ0) is 15.1. The fraction of sp³-hybridized carbons (Fsp3) is 0.0588. The summed E-state index contributed by atoms with van der Waals surface area (Å²) in [5, 5.41) is 0. The predicted molar refractivity (Wildman–Crippen MR) is 87.3 cm³/mol. The molecule has 3 aromatic heterocycles. The molecule has 0 aliphatic rings. The Morgan fingerprint density at radius 3 is 2.77 bits per heavy atom. The van der Waals surface area contributed by atoms with Crippen LogP contribution in [-0.2, 0) is 0 Å². The molecule has 0 spiro atoms. The topological polar surface area (TPSA) is 41.6 Å². The Morgan fingerprint density at radius 1 is 1.14 bits per heavy atom. The van der Waals surface area contributed by atoms with Crippen molar-refractivity contribution in [1.82, 2.24) is 15.0 Å². The van der Waals surface area contributed by atoms with Crippen molar-refractivity contribution in [2.45, 2.75) is 6.92 Å². The molecule has 0 atom stereocenters. The number of hydrogen-bond donors (Lipinski definition) is 1. The maximum absolute atomic E-state index is 13.9. The molecule has 1 aromatic carbocycles. The van der Waals surface area contributed by atoms with E-state index in [0.29, 0.717) is 11.2 Å². The summed E-state index contributed by atoms with van der Waals surface area (Å²) in [7, 11) is 0. The molecule has 3 nitrogen and oxygen atoms in total. The van der Waals surface area contributed by atoms with E-state index in [-0.39, 0.29) is 5.82 Å². The first-order valence-corrected chi connectivity index (χ1v) is 7.70. The van der Waals surface area contributed by atoms with Gasteiger partial charge in [-0.3, -0.25) is 0 Å². The third kappa shape index (κ3) is 2.19. The van der Waals surface area contributed by atoms with E-state index in [2.05, 4.69) is 27.9 Å². The highest BCUT2D eigenvalue weighted by Crippen LogP contribution is 2.29. The molecule has 0 radical (unpaired) electrons. The van der Waals surface area contributed by atoms with Gasteiger partial charge in [0, 0.05) is 22.2 Å². The Balaban J connectivity index is 1.83. The highest BCUT2D eigenvalue weighted by atomic mass is 32.1. The van der Waals surface area contributed by atoms with Gasteiger partial charge in [-0.1, -0.05) is 18.2 Å². The maximum Gasteiger partial charge on any atom is 0.178 e. The predicted octanol–water partition coefficient (Wildman–Crippen LogP) is 4.80. The number of aromatic amines is 1. The minimum Gasteiger partial charge on any atom is -0.336 e. The summed E-state index contributed by atoms with van der Waals surface area (Å²) >= 11 is 1.68. The second-order valence-corrected chi connectivity index (χ2v) is 6.36. The molecule has 0 bridgehead atoms. The van der Waals surface area contributed by atoms with Gasteiger partial charge in [0.15, 0.2) is 11.5 Å². The normalized spacial score (nSPS) is 11.2. The van der Waals surface area contributed by atoms with E-state index in [1.807, 2.05) is 18.2 Å². The van der Waals surface area contributed by atoms with E-state index in [0.717, 1.165) is 21.8 Å². The molecule has 0 aliphatic carbocycles. The first kappa shape index (κ1) is 13.2. The second-order valence-electron chi connectivity index (χ2n) is 5.07. The first-order chi connectivity index (χ1) is 10.7. The molecule has 0 amide bonds. The second kappa shape index (κ2) is 5.03. The van der Waals surface area contributed by atoms with Crippen molar-refractivity contribution in [3.05, 3.63) is 59.4 Å². The lowest BCUT2D eigenvalue weighted by atomic mass is 10.1. The lowest BCUT2D eigenvalue weighted by molar-refractivity contribution is 0.631. The van der Waals surface area contributed by atoms with Gasteiger partial charge in [0.1, 0.15) is 5.82 Å². The maximum atomic E-state index is 13.9. The lowest BCUT2D eigenvalue weighted by Crippen LogP contribution is -1.85. The molecular formula is C17H12FN3S. The van der Waals surface area contributed by atoms with Crippen LogP contribution in [0.1, 0.15) is 4.88 Å². The molecule has 1 N–H and O–H groups in total. The van der Waals surface area contributed by atoms with E-state index < -0.39 is 0 Å². The standard InChI is InChI=1S/C17H12FN3S/c1-10-6-7-15(22-10)17-20-14-8-11(9-19-16(14)21-17)12-4-2-3-5-13(12)18/h2-9H,1H3,(H,19,20,21). The molecule has 4 rings (SSSR count). The Kier molecular flexibility index (Phi) is 3.01. The molecule has 3 heterocycles. The molecule has 0 saturated carbocycles. The van der Waals surface area contributed by atoms with Crippen molar-refractivity contribution in [1.29, 1.82) is 0 Å². The monoisotopic (exact) mass is 309 g/mol. The van der Waals surface area contributed by atoms with Crippen LogP contribution in [0.2, 0.25) is 0 Å². The van der Waals surface area contributed by atoms with Gasteiger partial charge in [-0.2, -0.15) is 0 Å². The van der Waals surface area contributed by atoms with Gasteiger partial charge in [0.2, 0.25) is 0 Å². The number of aromatic nitrogens is 3. The number of benzene rings is 1. The number of halogens is 1. The number of nitrogens with zero attached hydrogens (tertiary/aromatic N) is 2. The van der Waals surface area contributed by atoms with Crippen LogP contribution in [0, 0.1) is 12.7 Å². The van der Waals surface area contributed by atoms with Gasteiger partial charge in [0.05, 0.1) is 10.4 Å². The quantitative estimate of drug-likeness (QED) is 0.578. The average Bonchev–Trinajstić information content (AvgIpc) is 3.12. The largest absolute Gasteiger partial charge is 0.336 e. The van der Waals surface area contributed by atoms with Crippen molar-refractivity contribution in [3.63, 3.8) is 0 Å². The first-order valence-electron chi connectivity index (χ1n) is 6.88. The average molecular weight is 309 g/mol. The SMILES string of the molecule is Cc1ccc(-c2nc3ncc(-c4ccccc4F)cc3[nH]2)s1. The Hall–Kier alpha value is -2.53. The smallest absolute Gasteiger partial charge is 0.178 e. The fourth-order valence-corrected chi connectivity index (χ4v) is 3.23. The number of fused-ring (bicyclic) bond motifs is 1. The Labute approximate surface area is 130 Å². The van der Waals surface area contributed by atoms with Crippen molar-refractivity contribution >= 4 is 22.5 Å². The van der Waals surface area contributed by atoms with E-state index in [9.17, 15) is 4.39 Å². The van der Waals surface area contributed by atoms with Gasteiger partial charge in [0.25, 0.3) is 0 Å². The molecule has 5 heteroatoms. The minimum absolute atomic E-state index is 0.253. The number of rotatable bonds is 2. The van der Waals surface area contributed by atoms with Crippen molar-refractivity contribution in [2.24, 2.45) is 0 Å². The molecule has 0 saturated heterocycles. The van der Waals surface area contributed by atoms with Crippen LogP contribution in [-0.4, -0.2) is 15.0 Å². The molecule has 0 fully saturated rings.